The molecule has 3 rings (SSSR count). The number of anilines is 3. The second kappa shape index (κ2) is 11.0. The van der Waals surface area contributed by atoms with Crippen molar-refractivity contribution in [3.63, 3.8) is 0 Å². The highest BCUT2D eigenvalue weighted by Gasteiger charge is 2.26. The van der Waals surface area contributed by atoms with Crippen molar-refractivity contribution < 1.29 is 13.9 Å². The molecular formula is C22H31ClFN5O2. The Morgan fingerprint density at radius 2 is 1.81 bits per heavy atom. The van der Waals surface area contributed by atoms with Gasteiger partial charge in [-0.05, 0) is 24.6 Å². The second-order valence-corrected chi connectivity index (χ2v) is 7.47. The van der Waals surface area contributed by atoms with Crippen molar-refractivity contribution in [3.05, 3.63) is 41.8 Å². The molecule has 1 fully saturated rings. The summed E-state index contributed by atoms with van der Waals surface area (Å²) < 4.78 is 18.9. The van der Waals surface area contributed by atoms with Gasteiger partial charge in [0.2, 0.25) is 0 Å². The summed E-state index contributed by atoms with van der Waals surface area (Å²) in [5.74, 6) is 0.766. The SMILES string of the molecule is CCCNc1nccc(N2CCN(c3ccc(F)cc3OC)CC2)c1C(=O)N(C)C.Cl. The Balaban J connectivity index is 0.00000341. The third kappa shape index (κ3) is 5.50. The molecule has 1 N–H and O–H groups in total. The molecule has 2 heterocycles. The Kier molecular flexibility index (Phi) is 8.74. The zero-order valence-electron chi connectivity index (χ0n) is 18.5. The van der Waals surface area contributed by atoms with Crippen LogP contribution in [-0.2, 0) is 0 Å². The Morgan fingerprint density at radius 3 is 2.39 bits per heavy atom. The number of nitrogens with one attached hydrogen (secondary N) is 1. The topological polar surface area (TPSA) is 60.9 Å². The highest BCUT2D eigenvalue weighted by Crippen LogP contribution is 2.32. The summed E-state index contributed by atoms with van der Waals surface area (Å²) in [5, 5.41) is 3.29. The number of hydrogen-bond acceptors (Lipinski definition) is 6. The van der Waals surface area contributed by atoms with Gasteiger partial charge >= 0.3 is 0 Å². The summed E-state index contributed by atoms with van der Waals surface area (Å²) in [6.07, 6.45) is 2.69. The molecule has 0 aliphatic carbocycles. The lowest BCUT2D eigenvalue weighted by Gasteiger charge is -2.38. The van der Waals surface area contributed by atoms with Crippen LogP contribution in [0.5, 0.6) is 5.75 Å². The van der Waals surface area contributed by atoms with Crippen molar-refractivity contribution in [1.82, 2.24) is 9.88 Å². The molecule has 170 valence electrons. The molecule has 9 heteroatoms. The molecule has 0 radical (unpaired) electrons. The fourth-order valence-electron chi connectivity index (χ4n) is 3.63. The monoisotopic (exact) mass is 451 g/mol. The van der Waals surface area contributed by atoms with Gasteiger partial charge in [-0.2, -0.15) is 0 Å². The number of carbonyl (C=O) groups is 1. The maximum absolute atomic E-state index is 13.5. The molecule has 7 nitrogen and oxygen atoms in total. The molecular weight excluding hydrogens is 421 g/mol. The molecule has 1 aromatic heterocycles. The molecule has 1 aliphatic heterocycles. The van der Waals surface area contributed by atoms with Crippen LogP contribution >= 0.6 is 12.4 Å². The quantitative estimate of drug-likeness (QED) is 0.695. The van der Waals surface area contributed by atoms with E-state index in [1.165, 1.54) is 12.1 Å². The standard InChI is InChI=1S/C22H30FN5O2.ClH/c1-5-9-24-21-20(22(29)26(2)3)18(8-10-25-21)28-13-11-27(12-14-28)17-7-6-16(23)15-19(17)30-4;/h6-8,10,15H,5,9,11-14H2,1-4H3,(H,24,25);1H. The molecule has 0 spiro atoms. The Labute approximate surface area is 189 Å². The summed E-state index contributed by atoms with van der Waals surface area (Å²) in [6.45, 7) is 5.75. The van der Waals surface area contributed by atoms with Crippen LogP contribution in [0, 0.1) is 5.82 Å². The number of aromatic nitrogens is 1. The summed E-state index contributed by atoms with van der Waals surface area (Å²) in [6, 6.07) is 6.52. The van der Waals surface area contributed by atoms with Crippen LogP contribution < -0.4 is 19.9 Å². The average molecular weight is 452 g/mol. The third-order valence-corrected chi connectivity index (χ3v) is 5.19. The van der Waals surface area contributed by atoms with Crippen LogP contribution in [0.25, 0.3) is 0 Å². The summed E-state index contributed by atoms with van der Waals surface area (Å²) in [7, 11) is 5.05. The molecule has 1 amide bonds. The van der Waals surface area contributed by atoms with Crippen LogP contribution in [0.4, 0.5) is 21.6 Å². The summed E-state index contributed by atoms with van der Waals surface area (Å²) >= 11 is 0. The number of ether oxygens (including phenoxy) is 1. The Morgan fingerprint density at radius 1 is 1.16 bits per heavy atom. The first kappa shape index (κ1) is 24.5. The number of amides is 1. The maximum atomic E-state index is 13.5. The van der Waals surface area contributed by atoms with E-state index in [9.17, 15) is 9.18 Å². The van der Waals surface area contributed by atoms with Crippen LogP contribution in [-0.4, -0.2) is 69.7 Å². The first-order valence-corrected chi connectivity index (χ1v) is 10.2. The van der Waals surface area contributed by atoms with Crippen LogP contribution in [0.2, 0.25) is 0 Å². The fourth-order valence-corrected chi connectivity index (χ4v) is 3.63. The van der Waals surface area contributed by atoms with Crippen LogP contribution in [0.1, 0.15) is 23.7 Å². The third-order valence-electron chi connectivity index (χ3n) is 5.19. The molecule has 0 atom stereocenters. The normalized spacial score (nSPS) is 13.5. The predicted molar refractivity (Wildman–Crippen MR) is 126 cm³/mol. The summed E-state index contributed by atoms with van der Waals surface area (Å²) in [4.78, 5) is 23.3. The smallest absolute Gasteiger partial charge is 0.259 e. The first-order chi connectivity index (χ1) is 14.5. The van der Waals surface area contributed by atoms with Crippen molar-refractivity contribution in [2.24, 2.45) is 0 Å². The van der Waals surface area contributed by atoms with E-state index in [2.05, 4.69) is 27.0 Å². The number of benzene rings is 1. The van der Waals surface area contributed by atoms with E-state index < -0.39 is 0 Å². The molecule has 1 saturated heterocycles. The number of rotatable bonds is 7. The van der Waals surface area contributed by atoms with E-state index >= 15 is 0 Å². The number of nitrogens with zero attached hydrogens (tertiary/aromatic N) is 4. The Bertz CT molecular complexity index is 888. The van der Waals surface area contributed by atoms with E-state index in [0.29, 0.717) is 17.1 Å². The number of hydrogen-bond donors (Lipinski definition) is 1. The van der Waals surface area contributed by atoms with Crippen molar-refractivity contribution in [3.8, 4) is 5.75 Å². The van der Waals surface area contributed by atoms with Crippen LogP contribution in [0.3, 0.4) is 0 Å². The van der Waals surface area contributed by atoms with E-state index in [-0.39, 0.29) is 24.1 Å². The van der Waals surface area contributed by atoms with E-state index in [0.717, 1.165) is 50.5 Å². The van der Waals surface area contributed by atoms with Gasteiger partial charge in [0.05, 0.1) is 18.5 Å². The second-order valence-electron chi connectivity index (χ2n) is 7.47. The van der Waals surface area contributed by atoms with Crippen molar-refractivity contribution in [2.45, 2.75) is 13.3 Å². The van der Waals surface area contributed by atoms with Gasteiger partial charge in [-0.3, -0.25) is 4.79 Å². The van der Waals surface area contributed by atoms with Crippen LogP contribution in [0.15, 0.2) is 30.5 Å². The molecule has 31 heavy (non-hydrogen) atoms. The van der Waals surface area contributed by atoms with E-state index in [1.54, 1.807) is 38.4 Å². The lowest BCUT2D eigenvalue weighted by atomic mass is 10.1. The number of methoxy groups -OCH3 is 1. The molecule has 0 bridgehead atoms. The zero-order chi connectivity index (χ0) is 21.7. The zero-order valence-corrected chi connectivity index (χ0v) is 19.3. The van der Waals surface area contributed by atoms with Gasteiger partial charge in [0.25, 0.3) is 5.91 Å². The molecule has 1 aliphatic rings. The Hall–Kier alpha value is -2.74. The van der Waals surface area contributed by atoms with E-state index in [1.807, 2.05) is 6.07 Å². The van der Waals surface area contributed by atoms with Gasteiger partial charge in [0.15, 0.2) is 0 Å². The summed E-state index contributed by atoms with van der Waals surface area (Å²) in [5.41, 5.74) is 2.36. The molecule has 1 aromatic carbocycles. The van der Waals surface area contributed by atoms with Crippen molar-refractivity contribution in [1.29, 1.82) is 0 Å². The fraction of sp³-hybridized carbons (Fsp3) is 0.455. The van der Waals surface area contributed by atoms with Crippen molar-refractivity contribution >= 4 is 35.5 Å². The minimum absolute atomic E-state index is 0. The lowest BCUT2D eigenvalue weighted by molar-refractivity contribution is 0.0828. The first-order valence-electron chi connectivity index (χ1n) is 10.2. The predicted octanol–water partition coefficient (Wildman–Crippen LogP) is 3.50. The highest BCUT2D eigenvalue weighted by atomic mass is 35.5. The molecule has 0 saturated carbocycles. The van der Waals surface area contributed by atoms with Crippen molar-refractivity contribution in [2.75, 3.05) is 69.0 Å². The van der Waals surface area contributed by atoms with Gasteiger partial charge in [-0.1, -0.05) is 6.92 Å². The number of carbonyl (C=O) groups excluding carboxylic acids is 1. The van der Waals surface area contributed by atoms with Gasteiger partial charge in [0, 0.05) is 59.1 Å². The largest absolute Gasteiger partial charge is 0.494 e. The molecule has 2 aromatic rings. The van der Waals surface area contributed by atoms with Gasteiger partial charge in [-0.25, -0.2) is 9.37 Å². The number of pyridine rings is 1. The maximum Gasteiger partial charge on any atom is 0.259 e. The number of halogens is 2. The van der Waals surface area contributed by atoms with Gasteiger partial charge in [-0.15, -0.1) is 12.4 Å². The lowest BCUT2D eigenvalue weighted by Crippen LogP contribution is -2.47. The number of piperazine rings is 1. The van der Waals surface area contributed by atoms with Gasteiger partial charge < -0.3 is 24.8 Å². The molecule has 0 unspecified atom stereocenters. The van der Waals surface area contributed by atoms with Gasteiger partial charge in [0.1, 0.15) is 22.9 Å². The van der Waals surface area contributed by atoms with E-state index in [4.69, 9.17) is 4.74 Å². The highest BCUT2D eigenvalue weighted by molar-refractivity contribution is 6.04. The minimum Gasteiger partial charge on any atom is -0.494 e. The minimum atomic E-state index is -0.315. The average Bonchev–Trinajstić information content (AvgIpc) is 2.76.